The Balaban J connectivity index is 5.19. The van der Waals surface area contributed by atoms with Crippen LogP contribution in [0.4, 0.5) is 0 Å². The average molecular weight is 1070 g/mol. The van der Waals surface area contributed by atoms with Crippen LogP contribution in [0.3, 0.4) is 0 Å². The van der Waals surface area contributed by atoms with Crippen LogP contribution in [0.25, 0.3) is 0 Å². The van der Waals surface area contributed by atoms with E-state index in [4.69, 9.17) is 13.8 Å². The first-order chi connectivity index (χ1) is 36.4. The summed E-state index contributed by atoms with van der Waals surface area (Å²) in [6.07, 6.45) is 70.1. The number of nitrogens with zero attached hydrogens (tertiary/aromatic N) is 1. The van der Waals surface area contributed by atoms with Gasteiger partial charge in [0, 0.05) is 12.8 Å². The highest BCUT2D eigenvalue weighted by molar-refractivity contribution is 7.45. The Morgan fingerprint density at radius 2 is 0.853 bits per heavy atom. The summed E-state index contributed by atoms with van der Waals surface area (Å²) in [5, 5.41) is 3.03. The second-order valence-electron chi connectivity index (χ2n) is 22.2. The average Bonchev–Trinajstić information content (AvgIpc) is 3.37. The Morgan fingerprint density at radius 1 is 0.480 bits per heavy atom. The second kappa shape index (κ2) is 54.8. The third-order valence-corrected chi connectivity index (χ3v) is 14.6. The van der Waals surface area contributed by atoms with Crippen molar-refractivity contribution < 1.29 is 37.3 Å². The molecule has 0 aliphatic rings. The van der Waals surface area contributed by atoms with Gasteiger partial charge in [0.05, 0.1) is 33.8 Å². The van der Waals surface area contributed by atoms with Crippen LogP contribution in [-0.2, 0) is 27.9 Å². The summed E-state index contributed by atoms with van der Waals surface area (Å²) in [7, 11) is 1.17. The highest BCUT2D eigenvalue weighted by atomic mass is 31.2. The Hall–Kier alpha value is -2.55. The molecule has 0 aromatic rings. The highest BCUT2D eigenvalue weighted by Gasteiger charge is 2.27. The molecule has 0 saturated carbocycles. The molecule has 0 spiro atoms. The van der Waals surface area contributed by atoms with E-state index in [0.717, 1.165) is 109 Å². The molecule has 0 fully saturated rings. The number of ether oxygens (including phenoxy) is 1. The first kappa shape index (κ1) is 72.5. The molecule has 0 heterocycles. The van der Waals surface area contributed by atoms with E-state index in [1.807, 2.05) is 33.3 Å². The summed E-state index contributed by atoms with van der Waals surface area (Å²) in [4.78, 5) is 40.0. The van der Waals surface area contributed by atoms with Crippen molar-refractivity contribution in [2.45, 2.75) is 290 Å². The number of hydrogen-bond acceptors (Lipinski definition) is 7. The quantitative estimate of drug-likeness (QED) is 0.0212. The van der Waals surface area contributed by atoms with E-state index in [0.29, 0.717) is 17.4 Å². The molecular formula is C65H119N2O7P. The fourth-order valence-corrected chi connectivity index (χ4v) is 9.52. The Bertz CT molecular complexity index is 1510. The molecule has 10 heteroatoms. The molecule has 0 saturated heterocycles. The van der Waals surface area contributed by atoms with Gasteiger partial charge in [0.1, 0.15) is 19.3 Å². The lowest BCUT2D eigenvalue weighted by atomic mass is 10.0. The molecule has 3 unspecified atom stereocenters. The van der Waals surface area contributed by atoms with E-state index in [1.54, 1.807) is 0 Å². The SMILES string of the molecule is CC/C=C/C/C=C/CCCCCCCCCC(=O)OC(/C=C\CCCCCCCCCCCC)C(COP(=O)([O-])OCC[N+](C)(C)C)NC(=O)CCCCCCCCCCCC/C=C\C/C=C\C/C=C\CCCCC. The highest BCUT2D eigenvalue weighted by Crippen LogP contribution is 2.38. The maximum Gasteiger partial charge on any atom is 0.306 e. The zero-order chi connectivity index (χ0) is 55.0. The minimum absolute atomic E-state index is 0.0264. The molecular weight excluding hydrogens is 952 g/mol. The largest absolute Gasteiger partial charge is 0.756 e. The van der Waals surface area contributed by atoms with Gasteiger partial charge in [0.25, 0.3) is 7.82 Å². The van der Waals surface area contributed by atoms with Gasteiger partial charge in [0.2, 0.25) is 5.91 Å². The number of allylic oxidation sites excluding steroid dienone is 11. The van der Waals surface area contributed by atoms with Crippen LogP contribution in [-0.4, -0.2) is 69.4 Å². The molecule has 0 aliphatic heterocycles. The zero-order valence-corrected chi connectivity index (χ0v) is 50.6. The Labute approximate surface area is 463 Å². The van der Waals surface area contributed by atoms with Crippen molar-refractivity contribution >= 4 is 19.7 Å². The number of esters is 1. The standard InChI is InChI=1S/C65H119N2O7P/c1-7-10-13-16-19-22-25-28-30-31-32-33-34-35-36-37-38-39-42-45-48-51-54-57-64(68)66-62(61-73-75(70,71)72-60-59-67(4,5)6)63(56-53-50-47-44-41-27-24-21-18-15-12-9-3)74-65(69)58-55-52-49-46-43-40-29-26-23-20-17-14-11-8-2/h11,14,19-20,22-23,28,30,32-33,53,56,62-63H,7-10,12-13,15-18,21,24-27,29,31,34-52,54-55,57-61H2,1-6H3,(H-,66,68,70,71)/b14-11+,22-19-,23-20+,30-28-,33-32-,56-53-. The van der Waals surface area contributed by atoms with Crippen LogP contribution in [0.15, 0.2) is 72.9 Å². The first-order valence-electron chi connectivity index (χ1n) is 31.2. The van der Waals surface area contributed by atoms with Crippen LogP contribution >= 0.6 is 7.82 Å². The van der Waals surface area contributed by atoms with Crippen LogP contribution in [0.2, 0.25) is 0 Å². The van der Waals surface area contributed by atoms with Crippen LogP contribution in [0.1, 0.15) is 278 Å². The number of phosphoric acid groups is 1. The van der Waals surface area contributed by atoms with Crippen LogP contribution in [0, 0.1) is 0 Å². The maximum absolute atomic E-state index is 13.5. The summed E-state index contributed by atoms with van der Waals surface area (Å²) >= 11 is 0. The number of hydrogen-bond donors (Lipinski definition) is 1. The van der Waals surface area contributed by atoms with Gasteiger partial charge in [0.15, 0.2) is 0 Å². The number of nitrogens with one attached hydrogen (secondary N) is 1. The number of amides is 1. The van der Waals surface area contributed by atoms with Gasteiger partial charge < -0.3 is 28.5 Å². The first-order valence-corrected chi connectivity index (χ1v) is 32.7. The van der Waals surface area contributed by atoms with Crippen molar-refractivity contribution in [1.82, 2.24) is 5.32 Å². The molecule has 0 aromatic carbocycles. The molecule has 0 aromatic heterocycles. The number of phosphoric ester groups is 1. The normalized spacial score (nSPS) is 14.2. The molecule has 9 nitrogen and oxygen atoms in total. The minimum Gasteiger partial charge on any atom is -0.756 e. The van der Waals surface area contributed by atoms with E-state index >= 15 is 0 Å². The topological polar surface area (TPSA) is 114 Å². The lowest BCUT2D eigenvalue weighted by molar-refractivity contribution is -0.870. The van der Waals surface area contributed by atoms with Crippen molar-refractivity contribution in [1.29, 1.82) is 0 Å². The summed E-state index contributed by atoms with van der Waals surface area (Å²) in [5.41, 5.74) is 0. The molecule has 1 N–H and O–H groups in total. The van der Waals surface area contributed by atoms with E-state index < -0.39 is 26.6 Å². The Kier molecular flexibility index (Phi) is 52.9. The Morgan fingerprint density at radius 3 is 1.31 bits per heavy atom. The summed E-state index contributed by atoms with van der Waals surface area (Å²) < 4.78 is 30.3. The number of carbonyl (C=O) groups excluding carboxylic acids is 2. The van der Waals surface area contributed by atoms with Gasteiger partial charge in [-0.2, -0.15) is 0 Å². The van der Waals surface area contributed by atoms with Gasteiger partial charge in [-0.25, -0.2) is 0 Å². The third kappa shape index (κ3) is 56.0. The molecule has 0 aliphatic carbocycles. The van der Waals surface area contributed by atoms with Crippen molar-refractivity contribution in [3.63, 3.8) is 0 Å². The van der Waals surface area contributed by atoms with E-state index in [9.17, 15) is 19.0 Å². The van der Waals surface area contributed by atoms with Gasteiger partial charge >= 0.3 is 5.97 Å². The summed E-state index contributed by atoms with van der Waals surface area (Å²) in [5.74, 6) is -0.553. The number of likely N-dealkylation sites (N-methyl/N-ethyl adjacent to an activating group) is 1. The van der Waals surface area contributed by atoms with Gasteiger partial charge in [-0.1, -0.05) is 242 Å². The van der Waals surface area contributed by atoms with Crippen molar-refractivity contribution in [3.05, 3.63) is 72.9 Å². The van der Waals surface area contributed by atoms with E-state index in [2.05, 4.69) is 86.8 Å². The fourth-order valence-electron chi connectivity index (χ4n) is 8.80. The molecule has 1 amide bonds. The smallest absolute Gasteiger partial charge is 0.306 e. The van der Waals surface area contributed by atoms with Crippen molar-refractivity contribution in [3.8, 4) is 0 Å². The fraction of sp³-hybridized carbons (Fsp3) is 0.785. The molecule has 3 atom stereocenters. The van der Waals surface area contributed by atoms with Crippen LogP contribution < -0.4 is 10.2 Å². The summed E-state index contributed by atoms with van der Waals surface area (Å²) in [6, 6.07) is -0.895. The van der Waals surface area contributed by atoms with Crippen molar-refractivity contribution in [2.24, 2.45) is 0 Å². The molecule has 0 rings (SSSR count). The van der Waals surface area contributed by atoms with Gasteiger partial charge in [-0.05, 0) is 96.0 Å². The zero-order valence-electron chi connectivity index (χ0n) is 49.7. The number of unbranched alkanes of at least 4 members (excludes halogenated alkanes) is 30. The van der Waals surface area contributed by atoms with E-state index in [1.165, 1.54) is 135 Å². The maximum atomic E-state index is 13.5. The second-order valence-corrected chi connectivity index (χ2v) is 23.6. The molecule has 436 valence electrons. The molecule has 0 bridgehead atoms. The lowest BCUT2D eigenvalue weighted by Crippen LogP contribution is -2.47. The minimum atomic E-state index is -4.70. The number of quaternary nitrogens is 1. The van der Waals surface area contributed by atoms with Crippen LogP contribution in [0.5, 0.6) is 0 Å². The van der Waals surface area contributed by atoms with Gasteiger partial charge in [-0.3, -0.25) is 14.2 Å². The number of carbonyl (C=O) groups is 2. The monoisotopic (exact) mass is 1070 g/mol. The molecule has 0 radical (unpaired) electrons. The van der Waals surface area contributed by atoms with Crippen molar-refractivity contribution in [2.75, 3.05) is 40.9 Å². The third-order valence-electron chi connectivity index (χ3n) is 13.6. The number of rotatable bonds is 56. The lowest BCUT2D eigenvalue weighted by Gasteiger charge is -2.30. The predicted octanol–water partition coefficient (Wildman–Crippen LogP) is 18.6. The predicted molar refractivity (Wildman–Crippen MR) is 321 cm³/mol. The summed E-state index contributed by atoms with van der Waals surface area (Å²) in [6.45, 7) is 6.71. The van der Waals surface area contributed by atoms with Gasteiger partial charge in [-0.15, -0.1) is 0 Å². The molecule has 75 heavy (non-hydrogen) atoms. The van der Waals surface area contributed by atoms with E-state index in [-0.39, 0.29) is 24.9 Å².